The zero-order chi connectivity index (χ0) is 26.3. The van der Waals surface area contributed by atoms with Crippen molar-refractivity contribution in [2.45, 2.75) is 63.8 Å². The van der Waals surface area contributed by atoms with E-state index < -0.39 is 31.1 Å². The predicted octanol–water partition coefficient (Wildman–Crippen LogP) is 2.28. The third-order valence-electron chi connectivity index (χ3n) is 4.27. The molecule has 0 aliphatic carbocycles. The molecule has 0 saturated heterocycles. The van der Waals surface area contributed by atoms with E-state index in [1.165, 1.54) is 18.7 Å². The van der Waals surface area contributed by atoms with Crippen LogP contribution < -0.4 is 9.88 Å². The Labute approximate surface area is 188 Å². The number of alkyl halides is 6. The number of hydrogen-bond donors (Lipinski definition) is 2. The van der Waals surface area contributed by atoms with Gasteiger partial charge in [0.1, 0.15) is 12.4 Å². The molecule has 9 nitrogen and oxygen atoms in total. The van der Waals surface area contributed by atoms with Gasteiger partial charge >= 0.3 is 11.0 Å². The van der Waals surface area contributed by atoms with Crippen molar-refractivity contribution in [1.82, 2.24) is 9.88 Å². The van der Waals surface area contributed by atoms with Crippen LogP contribution in [0.25, 0.3) is 4.13 Å². The Kier molecular flexibility index (Phi) is 11.8. The number of aliphatic hydroxyl groups is 1. The van der Waals surface area contributed by atoms with Gasteiger partial charge in [0.2, 0.25) is 0 Å². The number of nitrogens with zero attached hydrogens (tertiary/aromatic N) is 3. The van der Waals surface area contributed by atoms with Crippen LogP contribution in [0.3, 0.4) is 0 Å². The number of sulfonamides is 2. The highest BCUT2D eigenvalue weighted by Gasteiger charge is 2.46. The topological polar surface area (TPSA) is 123 Å². The molecule has 0 bridgehead atoms. The van der Waals surface area contributed by atoms with Gasteiger partial charge in [0.05, 0.1) is 26.7 Å². The molecule has 0 aromatic carbocycles. The number of aromatic nitrogens is 2. The first kappa shape index (κ1) is 31.6. The van der Waals surface area contributed by atoms with Crippen molar-refractivity contribution in [3.8, 4) is 0 Å². The van der Waals surface area contributed by atoms with Gasteiger partial charge in [-0.15, -0.1) is 0 Å². The second kappa shape index (κ2) is 12.3. The molecule has 17 heteroatoms. The molecule has 0 unspecified atom stereocenters. The van der Waals surface area contributed by atoms with Crippen LogP contribution in [0.15, 0.2) is 12.4 Å². The van der Waals surface area contributed by atoms with Crippen LogP contribution in [0.4, 0.5) is 26.3 Å². The van der Waals surface area contributed by atoms with E-state index >= 15 is 0 Å². The normalized spacial score (nSPS) is 14.2. The minimum atomic E-state index is -6.72. The van der Waals surface area contributed by atoms with Crippen molar-refractivity contribution in [2.24, 2.45) is 13.0 Å². The van der Waals surface area contributed by atoms with E-state index in [4.69, 9.17) is 0 Å². The highest BCUT2D eigenvalue weighted by molar-refractivity contribution is 8.13. The highest BCUT2D eigenvalue weighted by atomic mass is 32.3. The summed E-state index contributed by atoms with van der Waals surface area (Å²) in [6, 6.07) is 0.166. The van der Waals surface area contributed by atoms with Crippen LogP contribution in [0.2, 0.25) is 0 Å². The van der Waals surface area contributed by atoms with Gasteiger partial charge < -0.3 is 14.6 Å². The quantitative estimate of drug-likeness (QED) is 0.351. The number of imidazole rings is 1. The standard InChI is InChI=1S/C14H28N3O.C2F6NO4S2/c1-5-6-7-17-9-8-16(4)14(17)10-15-13(11-18)12(2)3;3-1(4,5)14(10,11)9-15(12,13)2(6,7)8/h8-9,12-13,15,18H,5-7,10-11H2,1-4H3;/q+1;-1/t13-;/m1./s1. The van der Waals surface area contributed by atoms with Gasteiger partial charge in [-0.3, -0.25) is 0 Å². The van der Waals surface area contributed by atoms with E-state index in [-0.39, 0.29) is 12.6 Å². The van der Waals surface area contributed by atoms with Gasteiger partial charge in [-0.05, 0) is 12.3 Å². The molecule has 0 spiro atoms. The number of hydrogen-bond acceptors (Lipinski definition) is 6. The number of nitrogens with one attached hydrogen (secondary N) is 1. The minimum Gasteiger partial charge on any atom is -0.421 e. The van der Waals surface area contributed by atoms with E-state index in [0.717, 1.165) is 17.2 Å². The summed E-state index contributed by atoms with van der Waals surface area (Å²) in [6.07, 6.45) is 6.64. The fraction of sp³-hybridized carbons (Fsp3) is 0.812. The van der Waals surface area contributed by atoms with E-state index in [0.29, 0.717) is 5.92 Å². The van der Waals surface area contributed by atoms with Gasteiger partial charge in [0.15, 0.2) is 20.0 Å². The SMILES string of the molecule is CCCCn1cc[n+](C)c1CN[C@H](CO)C(C)C.O=S(=O)([N-]S(=O)(=O)C(F)(F)F)C(F)(F)F. The lowest BCUT2D eigenvalue weighted by Gasteiger charge is -2.22. The summed E-state index contributed by atoms with van der Waals surface area (Å²) in [6.45, 7) is 8.53. The molecular weight excluding hydrogens is 506 g/mol. The van der Waals surface area contributed by atoms with Crippen LogP contribution in [0.1, 0.15) is 39.4 Å². The minimum absolute atomic E-state index is 0.166. The Hall–Kier alpha value is -1.43. The molecule has 1 aromatic rings. The largest absolute Gasteiger partial charge is 0.480 e. The summed E-state index contributed by atoms with van der Waals surface area (Å²) in [5, 5.41) is 12.8. The third-order valence-corrected chi connectivity index (χ3v) is 7.01. The number of aryl methyl sites for hydroxylation is 2. The van der Waals surface area contributed by atoms with E-state index in [1.807, 2.05) is 0 Å². The van der Waals surface area contributed by atoms with Gasteiger partial charge in [-0.25, -0.2) is 26.0 Å². The van der Waals surface area contributed by atoms with E-state index in [9.17, 15) is 48.3 Å². The van der Waals surface area contributed by atoms with Crippen molar-refractivity contribution < 1.29 is 52.9 Å². The molecule has 1 atom stereocenters. The summed E-state index contributed by atoms with van der Waals surface area (Å²) >= 11 is 0. The average Bonchev–Trinajstić information content (AvgIpc) is 2.98. The Bertz CT molecular complexity index is 902. The molecule has 0 aliphatic rings. The molecule has 1 heterocycles. The first-order valence-electron chi connectivity index (χ1n) is 9.55. The first-order valence-corrected chi connectivity index (χ1v) is 12.4. The molecule has 196 valence electrons. The molecule has 1 rings (SSSR count). The van der Waals surface area contributed by atoms with Crippen LogP contribution in [0, 0.1) is 5.92 Å². The van der Waals surface area contributed by atoms with Crippen molar-refractivity contribution in [2.75, 3.05) is 6.61 Å². The van der Waals surface area contributed by atoms with Crippen molar-refractivity contribution in [1.29, 1.82) is 0 Å². The van der Waals surface area contributed by atoms with Crippen LogP contribution in [0.5, 0.6) is 0 Å². The summed E-state index contributed by atoms with van der Waals surface area (Å²) in [5.74, 6) is 1.71. The third kappa shape index (κ3) is 9.76. The van der Waals surface area contributed by atoms with Crippen molar-refractivity contribution in [3.63, 3.8) is 0 Å². The Morgan fingerprint density at radius 2 is 1.58 bits per heavy atom. The molecule has 0 fully saturated rings. The summed E-state index contributed by atoms with van der Waals surface area (Å²) in [5.41, 5.74) is -12.4. The first-order chi connectivity index (χ1) is 14.8. The monoisotopic (exact) mass is 534 g/mol. The summed E-state index contributed by atoms with van der Waals surface area (Å²) in [7, 11) is -11.4. The highest BCUT2D eigenvalue weighted by Crippen LogP contribution is 2.36. The second-order valence-corrected chi connectivity index (χ2v) is 10.6. The molecule has 0 saturated carbocycles. The zero-order valence-corrected chi connectivity index (χ0v) is 20.0. The van der Waals surface area contributed by atoms with Crippen LogP contribution in [-0.2, 0) is 40.2 Å². The van der Waals surface area contributed by atoms with Gasteiger partial charge in [0, 0.05) is 6.04 Å². The molecular formula is C16H28F6N4O5S2. The molecule has 0 amide bonds. The van der Waals surface area contributed by atoms with E-state index in [2.05, 4.69) is 54.7 Å². The lowest BCUT2D eigenvalue weighted by molar-refractivity contribution is -0.679. The maximum Gasteiger partial charge on any atom is 0.480 e. The molecule has 0 radical (unpaired) electrons. The van der Waals surface area contributed by atoms with Crippen molar-refractivity contribution >= 4 is 20.0 Å². The Morgan fingerprint density at radius 3 is 1.94 bits per heavy atom. The average molecular weight is 535 g/mol. The van der Waals surface area contributed by atoms with Crippen LogP contribution in [-0.4, -0.2) is 50.2 Å². The van der Waals surface area contributed by atoms with Gasteiger partial charge in [0.25, 0.3) is 5.82 Å². The molecule has 1 aromatic heterocycles. The van der Waals surface area contributed by atoms with E-state index in [1.54, 1.807) is 0 Å². The number of aliphatic hydroxyl groups excluding tert-OH is 1. The molecule has 2 N–H and O–H groups in total. The second-order valence-electron chi connectivity index (χ2n) is 7.20. The Balaban J connectivity index is 0.000000633. The number of rotatable bonds is 10. The maximum atomic E-state index is 11.4. The molecule has 33 heavy (non-hydrogen) atoms. The fourth-order valence-corrected chi connectivity index (χ4v) is 3.97. The lowest BCUT2D eigenvalue weighted by Crippen LogP contribution is -2.41. The fourth-order valence-electron chi connectivity index (χ4n) is 2.26. The number of halogens is 6. The zero-order valence-electron chi connectivity index (χ0n) is 18.4. The lowest BCUT2D eigenvalue weighted by atomic mass is 10.1. The summed E-state index contributed by atoms with van der Waals surface area (Å²) in [4.78, 5) is 0. The van der Waals surface area contributed by atoms with Gasteiger partial charge in [-0.2, -0.15) is 26.3 Å². The predicted molar refractivity (Wildman–Crippen MR) is 106 cm³/mol. The summed E-state index contributed by atoms with van der Waals surface area (Å²) < 4.78 is 114. The maximum absolute atomic E-state index is 11.4. The molecule has 0 aliphatic heterocycles. The van der Waals surface area contributed by atoms with Crippen molar-refractivity contribution in [3.05, 3.63) is 22.3 Å². The number of unbranched alkanes of at least 4 members (excludes halogenated alkanes) is 1. The van der Waals surface area contributed by atoms with Crippen LogP contribution >= 0.6 is 0 Å². The Morgan fingerprint density at radius 1 is 1.09 bits per heavy atom. The van der Waals surface area contributed by atoms with Gasteiger partial charge in [-0.1, -0.05) is 27.2 Å². The smallest absolute Gasteiger partial charge is 0.421 e.